The summed E-state index contributed by atoms with van der Waals surface area (Å²) in [6.45, 7) is 0. The number of hydrogen-bond donors (Lipinski definition) is 1. The van der Waals surface area contributed by atoms with Crippen molar-refractivity contribution in [1.82, 2.24) is 0 Å². The summed E-state index contributed by atoms with van der Waals surface area (Å²) in [6.07, 6.45) is -4.26. The summed E-state index contributed by atoms with van der Waals surface area (Å²) < 4.78 is 23.6. The Balaban J connectivity index is 2.54. The first-order valence-electron chi connectivity index (χ1n) is 5.71. The molecule has 1 nitrogen and oxygen atoms in total. The molecule has 0 saturated carbocycles. The van der Waals surface area contributed by atoms with Gasteiger partial charge in [-0.25, -0.2) is 0 Å². The Morgan fingerprint density at radius 1 is 1.31 bits per heavy atom. The molecular weight excluding hydrogens is 160 g/mol. The van der Waals surface area contributed by atoms with E-state index in [-0.39, 0.29) is 0 Å². The van der Waals surface area contributed by atoms with Crippen molar-refractivity contribution in [3.63, 3.8) is 0 Å². The van der Waals surface area contributed by atoms with Crippen LogP contribution in [-0.2, 0) is 6.37 Å². The summed E-state index contributed by atoms with van der Waals surface area (Å²) in [7, 11) is 0. The van der Waals surface area contributed by atoms with Gasteiger partial charge in [0.05, 0.1) is 7.45 Å². The van der Waals surface area contributed by atoms with Crippen LogP contribution in [0.2, 0.25) is 0 Å². The summed E-state index contributed by atoms with van der Waals surface area (Å²) in [5, 5.41) is 11.6. The highest BCUT2D eigenvalue weighted by atomic mass is 16.3. The van der Waals surface area contributed by atoms with Crippen molar-refractivity contribution in [3.8, 4) is 0 Å². The molecule has 0 saturated heterocycles. The van der Waals surface area contributed by atoms with Crippen LogP contribution in [0.5, 0.6) is 0 Å². The zero-order valence-corrected chi connectivity index (χ0v) is 6.91. The Kier molecular flexibility index (Phi) is 0.856. The molecule has 13 heavy (non-hydrogen) atoms. The molecule has 1 aliphatic carbocycles. The van der Waals surface area contributed by atoms with Crippen LogP contribution < -0.4 is 0 Å². The SMILES string of the molecule is [2H]C1([2H])c2cccc3cccc(c23)C1([2H])O. The molecular formula is C12H10O. The fourth-order valence-corrected chi connectivity index (χ4v) is 1.84. The molecule has 2 aromatic rings. The topological polar surface area (TPSA) is 20.2 Å². The predicted molar refractivity (Wildman–Crippen MR) is 52.6 cm³/mol. The molecule has 1 aliphatic rings. The van der Waals surface area contributed by atoms with Gasteiger partial charge in [-0.1, -0.05) is 36.4 Å². The molecule has 1 heteroatoms. The van der Waals surface area contributed by atoms with Gasteiger partial charge in [0.2, 0.25) is 0 Å². The van der Waals surface area contributed by atoms with E-state index in [1.54, 1.807) is 24.3 Å². The van der Waals surface area contributed by atoms with Crippen molar-refractivity contribution < 1.29 is 9.22 Å². The second-order valence-corrected chi connectivity index (χ2v) is 3.18. The van der Waals surface area contributed by atoms with Gasteiger partial charge in [0.15, 0.2) is 0 Å². The highest BCUT2D eigenvalue weighted by Crippen LogP contribution is 2.36. The van der Waals surface area contributed by atoms with Crippen molar-refractivity contribution in [1.29, 1.82) is 0 Å². The Hall–Kier alpha value is -1.34. The largest absolute Gasteiger partial charge is 0.388 e. The van der Waals surface area contributed by atoms with Crippen LogP contribution in [-0.4, -0.2) is 5.11 Å². The summed E-state index contributed by atoms with van der Waals surface area (Å²) in [4.78, 5) is 0. The standard InChI is InChI=1S/C12H10O/c13-11-7-9-5-1-3-8-4-2-6-10(11)12(8)9/h1-6,11,13H,7H2/i7D2,11D. The molecule has 1 atom stereocenters. The fourth-order valence-electron chi connectivity index (χ4n) is 1.84. The molecule has 2 aromatic carbocycles. The van der Waals surface area contributed by atoms with Crippen LogP contribution in [0, 0.1) is 0 Å². The van der Waals surface area contributed by atoms with E-state index >= 15 is 0 Å². The molecule has 3 rings (SSSR count). The minimum absolute atomic E-state index is 0.352. The van der Waals surface area contributed by atoms with E-state index in [1.807, 2.05) is 12.1 Å². The molecule has 1 unspecified atom stereocenters. The van der Waals surface area contributed by atoms with Gasteiger partial charge in [-0.05, 0) is 21.9 Å². The highest BCUT2D eigenvalue weighted by Gasteiger charge is 2.21. The third-order valence-electron chi connectivity index (χ3n) is 2.41. The maximum absolute atomic E-state index is 10.1. The second-order valence-electron chi connectivity index (χ2n) is 3.18. The van der Waals surface area contributed by atoms with Crippen LogP contribution in [0.15, 0.2) is 36.4 Å². The first-order valence-corrected chi connectivity index (χ1v) is 4.21. The van der Waals surface area contributed by atoms with Gasteiger partial charge in [-0.2, -0.15) is 0 Å². The zero-order chi connectivity index (χ0) is 11.6. The molecule has 0 heterocycles. The van der Waals surface area contributed by atoms with Gasteiger partial charge in [0.25, 0.3) is 0 Å². The van der Waals surface area contributed by atoms with E-state index in [1.165, 1.54) is 0 Å². The molecule has 0 aliphatic heterocycles. The van der Waals surface area contributed by atoms with Gasteiger partial charge in [-0.15, -0.1) is 0 Å². The van der Waals surface area contributed by atoms with Gasteiger partial charge in [-0.3, -0.25) is 0 Å². The van der Waals surface area contributed by atoms with Gasteiger partial charge in [0.1, 0.15) is 0 Å². The summed E-state index contributed by atoms with van der Waals surface area (Å²) >= 11 is 0. The number of hydrogen-bond acceptors (Lipinski definition) is 1. The number of rotatable bonds is 0. The molecule has 64 valence electrons. The van der Waals surface area contributed by atoms with Crippen molar-refractivity contribution in [2.45, 2.75) is 12.5 Å². The Bertz CT molecular complexity index is 541. The fraction of sp³-hybridized carbons (Fsp3) is 0.167. The van der Waals surface area contributed by atoms with Crippen LogP contribution in [0.25, 0.3) is 10.8 Å². The van der Waals surface area contributed by atoms with Crippen molar-refractivity contribution >= 4 is 10.8 Å². The van der Waals surface area contributed by atoms with E-state index in [0.29, 0.717) is 16.5 Å². The molecule has 1 N–H and O–H groups in total. The predicted octanol–water partition coefficient (Wildman–Crippen LogP) is 2.43. The maximum atomic E-state index is 10.1. The van der Waals surface area contributed by atoms with Crippen LogP contribution >= 0.6 is 0 Å². The van der Waals surface area contributed by atoms with Crippen molar-refractivity contribution in [3.05, 3.63) is 47.5 Å². The lowest BCUT2D eigenvalue weighted by atomic mass is 10.1. The van der Waals surface area contributed by atoms with E-state index in [4.69, 9.17) is 4.11 Å². The van der Waals surface area contributed by atoms with Gasteiger partial charge >= 0.3 is 0 Å². The van der Waals surface area contributed by atoms with Gasteiger partial charge < -0.3 is 5.11 Å². The average molecular weight is 173 g/mol. The number of aliphatic hydroxyl groups is 1. The van der Waals surface area contributed by atoms with E-state index in [2.05, 4.69) is 0 Å². The molecule has 0 aromatic heterocycles. The number of benzene rings is 2. The third-order valence-corrected chi connectivity index (χ3v) is 2.41. The molecule has 0 bridgehead atoms. The molecule has 0 amide bonds. The minimum atomic E-state index is -2.20. The smallest absolute Gasteiger partial charge is 0.0836 e. The maximum Gasteiger partial charge on any atom is 0.0836 e. The van der Waals surface area contributed by atoms with E-state index in [9.17, 15) is 5.11 Å². The zero-order valence-electron chi connectivity index (χ0n) is 9.91. The molecule has 0 fully saturated rings. The van der Waals surface area contributed by atoms with Crippen LogP contribution in [0.1, 0.15) is 21.3 Å². The normalized spacial score (nSPS) is 32.5. The Morgan fingerprint density at radius 2 is 2.08 bits per heavy atom. The highest BCUT2D eigenvalue weighted by molar-refractivity contribution is 5.91. The van der Waals surface area contributed by atoms with Crippen LogP contribution in [0.4, 0.5) is 0 Å². The monoisotopic (exact) mass is 173 g/mol. The lowest BCUT2D eigenvalue weighted by Gasteiger charge is -2.02. The minimum Gasteiger partial charge on any atom is -0.388 e. The van der Waals surface area contributed by atoms with E-state index < -0.39 is 12.5 Å². The lowest BCUT2D eigenvalue weighted by molar-refractivity contribution is 0.185. The first-order chi connectivity index (χ1) is 7.46. The second kappa shape index (κ2) is 2.33. The lowest BCUT2D eigenvalue weighted by Crippen LogP contribution is -1.91. The van der Waals surface area contributed by atoms with Gasteiger partial charge in [0, 0.05) is 9.11 Å². The molecule has 0 radical (unpaired) electrons. The molecule has 0 spiro atoms. The average Bonchev–Trinajstić information content (AvgIpc) is 2.40. The summed E-state index contributed by atoms with van der Waals surface area (Å²) in [5.74, 6) is 0. The first kappa shape index (κ1) is 4.77. The Morgan fingerprint density at radius 3 is 2.92 bits per heavy atom. The quantitative estimate of drug-likeness (QED) is 0.648. The Labute approximate surface area is 80.8 Å². The third kappa shape index (κ3) is 0.850. The van der Waals surface area contributed by atoms with Crippen molar-refractivity contribution in [2.24, 2.45) is 0 Å². The van der Waals surface area contributed by atoms with Crippen LogP contribution in [0.3, 0.4) is 0 Å². The summed E-state index contributed by atoms with van der Waals surface area (Å²) in [5.41, 5.74) is 0.753. The van der Waals surface area contributed by atoms with Crippen molar-refractivity contribution in [2.75, 3.05) is 0 Å². The summed E-state index contributed by atoms with van der Waals surface area (Å²) in [6, 6.07) is 10.5. The van der Waals surface area contributed by atoms with E-state index in [0.717, 1.165) is 5.39 Å².